The van der Waals surface area contributed by atoms with Gasteiger partial charge in [0.15, 0.2) is 0 Å². The van der Waals surface area contributed by atoms with E-state index in [0.29, 0.717) is 30.2 Å². The highest BCUT2D eigenvalue weighted by atomic mass is 16.5. The topological polar surface area (TPSA) is 48.0 Å². The molecule has 0 aromatic heterocycles. The van der Waals surface area contributed by atoms with Crippen LogP contribution in [0.3, 0.4) is 0 Å². The molecular formula is C13H15NO4. The second-order valence-electron chi connectivity index (χ2n) is 3.76. The van der Waals surface area contributed by atoms with Crippen molar-refractivity contribution in [1.82, 2.24) is 4.90 Å². The van der Waals surface area contributed by atoms with Crippen molar-refractivity contribution < 1.29 is 19.0 Å². The van der Waals surface area contributed by atoms with E-state index >= 15 is 0 Å². The van der Waals surface area contributed by atoms with Crippen molar-refractivity contribution in [2.45, 2.75) is 0 Å². The lowest BCUT2D eigenvalue weighted by Gasteiger charge is -2.21. The third-order valence-corrected chi connectivity index (χ3v) is 2.65. The fourth-order valence-electron chi connectivity index (χ4n) is 1.68. The Morgan fingerprint density at radius 3 is 2.39 bits per heavy atom. The summed E-state index contributed by atoms with van der Waals surface area (Å²) < 4.78 is 15.3. The maximum atomic E-state index is 12.2. The number of carbonyl (C=O) groups excluding carboxylic acids is 1. The van der Waals surface area contributed by atoms with Gasteiger partial charge in [-0.1, -0.05) is 0 Å². The lowest BCUT2D eigenvalue weighted by atomic mass is 10.1. The highest BCUT2D eigenvalue weighted by Gasteiger charge is 2.17. The van der Waals surface area contributed by atoms with Gasteiger partial charge in [0.25, 0.3) is 5.91 Å². The Labute approximate surface area is 106 Å². The van der Waals surface area contributed by atoms with Gasteiger partial charge in [0.2, 0.25) is 0 Å². The number of carbonyl (C=O) groups is 1. The molecule has 1 aromatic carbocycles. The first-order chi connectivity index (χ1) is 8.74. The molecule has 0 radical (unpaired) electrons. The molecule has 96 valence electrons. The third kappa shape index (κ3) is 2.56. The van der Waals surface area contributed by atoms with E-state index in [-0.39, 0.29) is 5.91 Å². The fraction of sp³-hybridized carbons (Fsp3) is 0.308. The zero-order valence-corrected chi connectivity index (χ0v) is 10.4. The molecule has 0 saturated heterocycles. The zero-order valence-electron chi connectivity index (χ0n) is 10.4. The average molecular weight is 249 g/mol. The molecule has 1 aliphatic rings. The second kappa shape index (κ2) is 5.44. The van der Waals surface area contributed by atoms with E-state index in [0.717, 1.165) is 0 Å². The molecule has 0 spiro atoms. The van der Waals surface area contributed by atoms with Gasteiger partial charge in [-0.3, -0.25) is 4.79 Å². The van der Waals surface area contributed by atoms with E-state index < -0.39 is 0 Å². The molecular weight excluding hydrogens is 234 g/mol. The summed E-state index contributed by atoms with van der Waals surface area (Å²) in [6.45, 7) is 1.04. The number of benzene rings is 1. The number of nitrogens with zero attached hydrogens (tertiary/aromatic N) is 1. The lowest BCUT2D eigenvalue weighted by molar-refractivity contribution is 0.0751. The van der Waals surface area contributed by atoms with Gasteiger partial charge in [-0.15, -0.1) is 0 Å². The van der Waals surface area contributed by atoms with E-state index in [1.54, 1.807) is 43.5 Å². The molecule has 1 amide bonds. The van der Waals surface area contributed by atoms with Crippen molar-refractivity contribution >= 4 is 5.91 Å². The van der Waals surface area contributed by atoms with E-state index in [9.17, 15) is 4.79 Å². The largest absolute Gasteiger partial charge is 0.498 e. The Kier molecular flexibility index (Phi) is 3.72. The Hall–Kier alpha value is -2.17. The second-order valence-corrected chi connectivity index (χ2v) is 3.76. The number of methoxy groups -OCH3 is 2. The predicted octanol–water partition coefficient (Wildman–Crippen LogP) is 1.65. The standard InChI is InChI=1S/C13H15NO4/c1-16-11-7-10(8-12(9-11)17-2)13(15)14-3-5-18-6-4-14/h3,5,7-9H,4,6H2,1-2H3. The Morgan fingerprint density at radius 1 is 1.22 bits per heavy atom. The fourth-order valence-corrected chi connectivity index (χ4v) is 1.68. The highest BCUT2D eigenvalue weighted by molar-refractivity contribution is 5.95. The van der Waals surface area contributed by atoms with Crippen LogP contribution in [0.4, 0.5) is 0 Å². The number of hydrogen-bond acceptors (Lipinski definition) is 4. The van der Waals surface area contributed by atoms with Gasteiger partial charge < -0.3 is 19.1 Å². The van der Waals surface area contributed by atoms with Crippen LogP contribution in [0.2, 0.25) is 0 Å². The van der Waals surface area contributed by atoms with Gasteiger partial charge in [0, 0.05) is 17.8 Å². The van der Waals surface area contributed by atoms with E-state index in [4.69, 9.17) is 14.2 Å². The molecule has 0 bridgehead atoms. The minimum atomic E-state index is -0.105. The number of rotatable bonds is 3. The van der Waals surface area contributed by atoms with Gasteiger partial charge in [-0.2, -0.15) is 0 Å². The maximum Gasteiger partial charge on any atom is 0.258 e. The van der Waals surface area contributed by atoms with Crippen molar-refractivity contribution in [2.24, 2.45) is 0 Å². The molecule has 5 heteroatoms. The lowest BCUT2D eigenvalue weighted by Crippen LogP contribution is -2.31. The van der Waals surface area contributed by atoms with Crippen LogP contribution in [0.1, 0.15) is 10.4 Å². The minimum absolute atomic E-state index is 0.105. The van der Waals surface area contributed by atoms with E-state index in [1.807, 2.05) is 0 Å². The van der Waals surface area contributed by atoms with Crippen LogP contribution in [0, 0.1) is 0 Å². The summed E-state index contributed by atoms with van der Waals surface area (Å²) in [6.07, 6.45) is 3.14. The zero-order chi connectivity index (χ0) is 13.0. The molecule has 0 saturated carbocycles. The number of hydrogen-bond donors (Lipinski definition) is 0. The first-order valence-corrected chi connectivity index (χ1v) is 5.57. The summed E-state index contributed by atoms with van der Waals surface area (Å²) in [5.74, 6) is 1.08. The summed E-state index contributed by atoms with van der Waals surface area (Å²) in [7, 11) is 3.11. The van der Waals surface area contributed by atoms with Crippen molar-refractivity contribution in [2.75, 3.05) is 27.4 Å². The molecule has 1 heterocycles. The number of amides is 1. The normalized spacial score (nSPS) is 14.0. The predicted molar refractivity (Wildman–Crippen MR) is 65.7 cm³/mol. The molecule has 0 aliphatic carbocycles. The van der Waals surface area contributed by atoms with Crippen LogP contribution in [-0.4, -0.2) is 38.2 Å². The molecule has 5 nitrogen and oxygen atoms in total. The van der Waals surface area contributed by atoms with Crippen LogP contribution < -0.4 is 9.47 Å². The monoisotopic (exact) mass is 249 g/mol. The Morgan fingerprint density at radius 2 is 1.89 bits per heavy atom. The quantitative estimate of drug-likeness (QED) is 0.817. The molecule has 0 unspecified atom stereocenters. The smallest absolute Gasteiger partial charge is 0.258 e. The van der Waals surface area contributed by atoms with Crippen LogP contribution in [0.15, 0.2) is 30.7 Å². The molecule has 0 fully saturated rings. The van der Waals surface area contributed by atoms with Crippen LogP contribution in [-0.2, 0) is 4.74 Å². The maximum absolute atomic E-state index is 12.2. The highest BCUT2D eigenvalue weighted by Crippen LogP contribution is 2.23. The van der Waals surface area contributed by atoms with Gasteiger partial charge in [0.1, 0.15) is 18.1 Å². The molecule has 0 atom stereocenters. The summed E-state index contributed by atoms with van der Waals surface area (Å²) >= 11 is 0. The summed E-state index contributed by atoms with van der Waals surface area (Å²) in [4.78, 5) is 13.8. The first-order valence-electron chi connectivity index (χ1n) is 5.57. The molecule has 18 heavy (non-hydrogen) atoms. The van der Waals surface area contributed by atoms with Gasteiger partial charge >= 0.3 is 0 Å². The Balaban J connectivity index is 2.28. The van der Waals surface area contributed by atoms with Crippen molar-refractivity contribution in [3.63, 3.8) is 0 Å². The summed E-state index contributed by atoms with van der Waals surface area (Å²) in [6, 6.07) is 5.11. The average Bonchev–Trinajstić information content (AvgIpc) is 2.46. The molecule has 1 aromatic rings. The molecule has 2 rings (SSSR count). The molecule has 1 aliphatic heterocycles. The number of ether oxygens (including phenoxy) is 3. The third-order valence-electron chi connectivity index (χ3n) is 2.65. The summed E-state index contributed by atoms with van der Waals surface area (Å²) in [5, 5.41) is 0. The first kappa shape index (κ1) is 12.3. The van der Waals surface area contributed by atoms with Gasteiger partial charge in [-0.05, 0) is 12.1 Å². The van der Waals surface area contributed by atoms with Crippen molar-refractivity contribution in [3.05, 3.63) is 36.2 Å². The van der Waals surface area contributed by atoms with Gasteiger partial charge in [-0.25, -0.2) is 0 Å². The minimum Gasteiger partial charge on any atom is -0.498 e. The van der Waals surface area contributed by atoms with Crippen molar-refractivity contribution in [3.8, 4) is 11.5 Å². The van der Waals surface area contributed by atoms with Gasteiger partial charge in [0.05, 0.1) is 27.0 Å². The van der Waals surface area contributed by atoms with Crippen LogP contribution in [0.5, 0.6) is 11.5 Å². The van der Waals surface area contributed by atoms with Crippen LogP contribution in [0.25, 0.3) is 0 Å². The Bertz CT molecular complexity index is 448. The van der Waals surface area contributed by atoms with E-state index in [1.165, 1.54) is 6.26 Å². The van der Waals surface area contributed by atoms with Crippen LogP contribution >= 0.6 is 0 Å². The van der Waals surface area contributed by atoms with E-state index in [2.05, 4.69) is 0 Å². The summed E-state index contributed by atoms with van der Waals surface area (Å²) in [5.41, 5.74) is 0.526. The molecule has 0 N–H and O–H groups in total. The van der Waals surface area contributed by atoms with Crippen molar-refractivity contribution in [1.29, 1.82) is 0 Å². The SMILES string of the molecule is COc1cc(OC)cc(C(=O)N2C=COCC2)c1.